The Kier molecular flexibility index (Phi) is 6.26. The predicted molar refractivity (Wildman–Crippen MR) is 106 cm³/mol. The van der Waals surface area contributed by atoms with Gasteiger partial charge >= 0.3 is 0 Å². The maximum Gasteiger partial charge on any atom is 0.287 e. The van der Waals surface area contributed by atoms with Crippen molar-refractivity contribution in [1.82, 2.24) is 10.3 Å². The Bertz CT molecular complexity index is 1130. The maximum absolute atomic E-state index is 12.4. The summed E-state index contributed by atoms with van der Waals surface area (Å²) < 4.78 is 30.1. The van der Waals surface area contributed by atoms with Gasteiger partial charge in [-0.1, -0.05) is 18.2 Å². The number of carbonyl (C=O) groups excluding carboxylic acids is 1. The molecule has 148 valence electrons. The van der Waals surface area contributed by atoms with Crippen LogP contribution in [0.15, 0.2) is 70.1 Å². The van der Waals surface area contributed by atoms with E-state index in [4.69, 9.17) is 9.68 Å². The van der Waals surface area contributed by atoms with Crippen LogP contribution < -0.4 is 10.6 Å². The number of aromatic nitrogens is 1. The first kappa shape index (κ1) is 20.1. The van der Waals surface area contributed by atoms with Crippen molar-refractivity contribution in [3.8, 4) is 6.07 Å². The first-order valence-corrected chi connectivity index (χ1v) is 10.4. The molecule has 2 N–H and O–H groups in total. The van der Waals surface area contributed by atoms with E-state index in [0.29, 0.717) is 17.9 Å². The van der Waals surface area contributed by atoms with Gasteiger partial charge in [0, 0.05) is 19.3 Å². The number of nitriles is 1. The molecule has 0 fully saturated rings. The third-order valence-corrected chi connectivity index (χ3v) is 5.61. The van der Waals surface area contributed by atoms with Gasteiger partial charge in [0.2, 0.25) is 0 Å². The fraction of sp³-hybridized carbons (Fsp3) is 0.150. The van der Waals surface area contributed by atoms with Crippen LogP contribution in [0.1, 0.15) is 21.9 Å². The number of amides is 1. The standard InChI is InChI=1S/C20H18N4O4S/c21-13-15-5-4-10-22-19(15)23-11-12-24-20(25)18-9-8-16(28-18)14-29(26,27)17-6-2-1-3-7-17/h1-10H,11-12,14H2,(H,22,23)(H,24,25). The zero-order chi connectivity index (χ0) is 20.7. The van der Waals surface area contributed by atoms with Crippen molar-refractivity contribution in [2.45, 2.75) is 10.6 Å². The summed E-state index contributed by atoms with van der Waals surface area (Å²) in [5.41, 5.74) is 0.411. The minimum Gasteiger partial charge on any atom is -0.455 e. The molecule has 8 nitrogen and oxygen atoms in total. The number of nitrogens with zero attached hydrogens (tertiary/aromatic N) is 2. The number of anilines is 1. The normalized spacial score (nSPS) is 10.9. The summed E-state index contributed by atoms with van der Waals surface area (Å²) in [5, 5.41) is 14.6. The van der Waals surface area contributed by atoms with E-state index >= 15 is 0 Å². The summed E-state index contributed by atoms with van der Waals surface area (Å²) in [6, 6.07) is 16.3. The SMILES string of the molecule is N#Cc1cccnc1NCCNC(=O)c1ccc(CS(=O)(=O)c2ccccc2)o1. The molecule has 2 heterocycles. The molecule has 3 rings (SSSR count). The van der Waals surface area contributed by atoms with Crippen LogP contribution in [0.4, 0.5) is 5.82 Å². The van der Waals surface area contributed by atoms with Crippen LogP contribution in [-0.4, -0.2) is 32.4 Å². The molecule has 0 bridgehead atoms. The van der Waals surface area contributed by atoms with Crippen molar-refractivity contribution in [3.05, 3.63) is 77.9 Å². The van der Waals surface area contributed by atoms with Gasteiger partial charge in [0.25, 0.3) is 5.91 Å². The van der Waals surface area contributed by atoms with Gasteiger partial charge in [-0.25, -0.2) is 13.4 Å². The highest BCUT2D eigenvalue weighted by Crippen LogP contribution is 2.18. The average Bonchev–Trinajstić information content (AvgIpc) is 3.20. The lowest BCUT2D eigenvalue weighted by molar-refractivity contribution is 0.0926. The largest absolute Gasteiger partial charge is 0.455 e. The maximum atomic E-state index is 12.4. The van der Waals surface area contributed by atoms with E-state index in [2.05, 4.69) is 15.6 Å². The number of rotatable bonds is 8. The van der Waals surface area contributed by atoms with Crippen LogP contribution >= 0.6 is 0 Å². The van der Waals surface area contributed by atoms with E-state index in [0.717, 1.165) is 0 Å². The third kappa shape index (κ3) is 5.21. The van der Waals surface area contributed by atoms with Crippen LogP contribution in [0.5, 0.6) is 0 Å². The number of benzene rings is 1. The van der Waals surface area contributed by atoms with E-state index in [1.807, 2.05) is 6.07 Å². The van der Waals surface area contributed by atoms with Gasteiger partial charge in [0.1, 0.15) is 23.4 Å². The van der Waals surface area contributed by atoms with Gasteiger partial charge in [0.05, 0.1) is 10.5 Å². The fourth-order valence-electron chi connectivity index (χ4n) is 2.56. The lowest BCUT2D eigenvalue weighted by Gasteiger charge is -2.07. The Labute approximate surface area is 168 Å². The summed E-state index contributed by atoms with van der Waals surface area (Å²) in [5.74, 6) is -0.141. The molecule has 9 heteroatoms. The second kappa shape index (κ2) is 9.03. The molecule has 2 aromatic heterocycles. The molecular weight excluding hydrogens is 392 g/mol. The second-order valence-electron chi connectivity index (χ2n) is 6.03. The molecule has 0 spiro atoms. The molecule has 0 aliphatic carbocycles. The van der Waals surface area contributed by atoms with Crippen LogP contribution in [0.25, 0.3) is 0 Å². The van der Waals surface area contributed by atoms with E-state index < -0.39 is 15.7 Å². The van der Waals surface area contributed by atoms with Crippen LogP contribution in [0.2, 0.25) is 0 Å². The van der Waals surface area contributed by atoms with E-state index in [1.54, 1.807) is 36.5 Å². The molecular formula is C20H18N4O4S. The molecule has 0 unspecified atom stereocenters. The summed E-state index contributed by atoms with van der Waals surface area (Å²) >= 11 is 0. The van der Waals surface area contributed by atoms with Crippen molar-refractivity contribution in [2.75, 3.05) is 18.4 Å². The van der Waals surface area contributed by atoms with Crippen molar-refractivity contribution >= 4 is 21.6 Å². The van der Waals surface area contributed by atoms with Gasteiger partial charge in [-0.15, -0.1) is 0 Å². The number of pyridine rings is 1. The van der Waals surface area contributed by atoms with Crippen molar-refractivity contribution in [1.29, 1.82) is 5.26 Å². The molecule has 3 aromatic rings. The fourth-order valence-corrected chi connectivity index (χ4v) is 3.82. The molecule has 0 saturated heterocycles. The van der Waals surface area contributed by atoms with Crippen LogP contribution in [0.3, 0.4) is 0 Å². The number of carbonyl (C=O) groups is 1. The highest BCUT2D eigenvalue weighted by Gasteiger charge is 2.19. The van der Waals surface area contributed by atoms with Gasteiger partial charge in [-0.05, 0) is 36.4 Å². The van der Waals surface area contributed by atoms with E-state index in [1.165, 1.54) is 24.3 Å². The van der Waals surface area contributed by atoms with Crippen LogP contribution in [0, 0.1) is 11.3 Å². The molecule has 0 aliphatic heterocycles. The minimum atomic E-state index is -3.55. The smallest absolute Gasteiger partial charge is 0.287 e. The highest BCUT2D eigenvalue weighted by atomic mass is 32.2. The van der Waals surface area contributed by atoms with E-state index in [9.17, 15) is 13.2 Å². The molecule has 0 atom stereocenters. The number of nitrogens with one attached hydrogen (secondary N) is 2. The minimum absolute atomic E-state index is 0.0267. The number of hydrogen-bond acceptors (Lipinski definition) is 7. The first-order chi connectivity index (χ1) is 14.0. The Morgan fingerprint density at radius 2 is 1.86 bits per heavy atom. The first-order valence-electron chi connectivity index (χ1n) is 8.73. The van der Waals surface area contributed by atoms with Gasteiger partial charge in [-0.3, -0.25) is 4.79 Å². The second-order valence-corrected chi connectivity index (χ2v) is 8.02. The number of sulfone groups is 1. The number of furan rings is 1. The van der Waals surface area contributed by atoms with E-state index in [-0.39, 0.29) is 28.7 Å². The van der Waals surface area contributed by atoms with Crippen molar-refractivity contribution < 1.29 is 17.6 Å². The Balaban J connectivity index is 1.52. The predicted octanol–water partition coefficient (Wildman–Crippen LogP) is 2.36. The lowest BCUT2D eigenvalue weighted by Crippen LogP contribution is -2.28. The Morgan fingerprint density at radius 3 is 2.62 bits per heavy atom. The molecule has 0 radical (unpaired) electrons. The van der Waals surface area contributed by atoms with Crippen molar-refractivity contribution in [3.63, 3.8) is 0 Å². The zero-order valence-electron chi connectivity index (χ0n) is 15.3. The molecule has 0 aliphatic rings. The third-order valence-electron chi connectivity index (χ3n) is 3.95. The quantitative estimate of drug-likeness (QED) is 0.546. The van der Waals surface area contributed by atoms with Gasteiger partial charge in [-0.2, -0.15) is 5.26 Å². The summed E-state index contributed by atoms with van der Waals surface area (Å²) in [4.78, 5) is 16.4. The molecule has 1 aromatic carbocycles. The summed E-state index contributed by atoms with van der Waals surface area (Å²) in [7, 11) is -3.55. The Hall–Kier alpha value is -3.64. The molecule has 1 amide bonds. The number of hydrogen-bond donors (Lipinski definition) is 2. The average molecular weight is 410 g/mol. The lowest BCUT2D eigenvalue weighted by atomic mass is 10.3. The summed E-state index contributed by atoms with van der Waals surface area (Å²) in [6.07, 6.45) is 1.57. The highest BCUT2D eigenvalue weighted by molar-refractivity contribution is 7.90. The summed E-state index contributed by atoms with van der Waals surface area (Å²) in [6.45, 7) is 0.617. The van der Waals surface area contributed by atoms with Gasteiger partial charge in [0.15, 0.2) is 15.6 Å². The monoisotopic (exact) mass is 410 g/mol. The molecule has 0 saturated carbocycles. The van der Waals surface area contributed by atoms with Crippen LogP contribution in [-0.2, 0) is 15.6 Å². The topological polar surface area (TPSA) is 125 Å². The molecule has 29 heavy (non-hydrogen) atoms. The van der Waals surface area contributed by atoms with Crippen molar-refractivity contribution in [2.24, 2.45) is 0 Å². The van der Waals surface area contributed by atoms with Gasteiger partial charge < -0.3 is 15.1 Å². The Morgan fingerprint density at radius 1 is 1.07 bits per heavy atom. The zero-order valence-corrected chi connectivity index (χ0v) is 16.1.